The first-order chi connectivity index (χ1) is 32.9. The Morgan fingerprint density at radius 1 is 0.529 bits per heavy atom. The van der Waals surface area contributed by atoms with Crippen LogP contribution >= 0.6 is 0 Å². The van der Waals surface area contributed by atoms with Crippen molar-refractivity contribution in [3.05, 3.63) is 0 Å². The molecule has 0 spiro atoms. The molecule has 2 heterocycles. The molecule has 16 nitrogen and oxygen atoms in total. The number of aliphatic hydroxyl groups is 10. The van der Waals surface area contributed by atoms with E-state index in [9.17, 15) is 55.9 Å². The highest BCUT2D eigenvalue weighted by molar-refractivity contribution is 5.80. The number of unbranched alkanes of at least 4 members (excludes halogenated alkanes) is 28. The summed E-state index contributed by atoms with van der Waals surface area (Å²) in [6, 6.07) is -1.28. The molecule has 2 rings (SSSR count). The van der Waals surface area contributed by atoms with Crippen molar-refractivity contribution >= 4 is 5.91 Å². The van der Waals surface area contributed by atoms with Crippen LogP contribution in [0, 0.1) is 0 Å². The van der Waals surface area contributed by atoms with Crippen LogP contribution in [0.1, 0.15) is 219 Å². The molecule has 0 aliphatic carbocycles. The molecule has 0 bridgehead atoms. The van der Waals surface area contributed by atoms with Crippen LogP contribution in [0.25, 0.3) is 0 Å². The van der Waals surface area contributed by atoms with Crippen molar-refractivity contribution in [3.63, 3.8) is 0 Å². The van der Waals surface area contributed by atoms with Gasteiger partial charge in [0.2, 0.25) is 5.91 Å². The van der Waals surface area contributed by atoms with Crippen LogP contribution in [-0.2, 0) is 23.7 Å². The van der Waals surface area contributed by atoms with Gasteiger partial charge in [-0.25, -0.2) is 0 Å². The van der Waals surface area contributed by atoms with Gasteiger partial charge in [-0.3, -0.25) is 4.79 Å². The lowest BCUT2D eigenvalue weighted by atomic mass is 9.98. The molecule has 68 heavy (non-hydrogen) atoms. The Kier molecular flexibility index (Phi) is 36.6. The summed E-state index contributed by atoms with van der Waals surface area (Å²) in [5.41, 5.74) is 0. The van der Waals surface area contributed by atoms with Crippen molar-refractivity contribution < 1.29 is 74.8 Å². The minimum atomic E-state index is -1.82. The highest BCUT2D eigenvalue weighted by Gasteiger charge is 2.52. The molecule has 16 heteroatoms. The first-order valence-corrected chi connectivity index (χ1v) is 27.5. The highest BCUT2D eigenvalue weighted by atomic mass is 16.7. The van der Waals surface area contributed by atoms with Gasteiger partial charge in [0.1, 0.15) is 61.0 Å². The van der Waals surface area contributed by atoms with Crippen LogP contribution in [0.2, 0.25) is 0 Å². The molecule has 11 N–H and O–H groups in total. The highest BCUT2D eigenvalue weighted by Crippen LogP contribution is 2.31. The largest absolute Gasteiger partial charge is 0.394 e. The lowest BCUT2D eigenvalue weighted by Gasteiger charge is -2.43. The predicted molar refractivity (Wildman–Crippen MR) is 261 cm³/mol. The van der Waals surface area contributed by atoms with Gasteiger partial charge in [-0.15, -0.1) is 0 Å². The Balaban J connectivity index is 1.90. The van der Waals surface area contributed by atoms with Crippen molar-refractivity contribution in [2.45, 2.75) is 305 Å². The summed E-state index contributed by atoms with van der Waals surface area (Å²) < 4.78 is 22.6. The second kappa shape index (κ2) is 39.4. The van der Waals surface area contributed by atoms with Gasteiger partial charge in [-0.1, -0.05) is 206 Å². The molecule has 0 unspecified atom stereocenters. The second-order valence-corrected chi connectivity index (χ2v) is 20.0. The Morgan fingerprint density at radius 3 is 1.38 bits per heavy atom. The summed E-state index contributed by atoms with van der Waals surface area (Å²) in [6.45, 7) is 2.38. The minimum Gasteiger partial charge on any atom is -0.394 e. The molecule has 2 aliphatic rings. The molecule has 0 aromatic heterocycles. The van der Waals surface area contributed by atoms with Gasteiger partial charge in [0.15, 0.2) is 12.6 Å². The molecule has 14 atom stereocenters. The van der Waals surface area contributed by atoms with E-state index in [-0.39, 0.29) is 12.8 Å². The molecule has 404 valence electrons. The SMILES string of the molecule is CCCCCCCCCCCCCCCCCCC[C@@H](O)C(=O)N[C@@H](CO[C@H]1O[C@H](CO)[C@H](O)[C@H](O[C@@H]2O[C@@H]([C@H](O)CO)[C@H](O)[C@H]2O)[C@H]1O)[C@H](O)[C@H](O)CCCCCCCCCCCCCCC. The Labute approximate surface area is 409 Å². The van der Waals surface area contributed by atoms with Crippen LogP contribution in [0.5, 0.6) is 0 Å². The van der Waals surface area contributed by atoms with Gasteiger partial charge in [0, 0.05) is 0 Å². The number of ether oxygens (including phenoxy) is 4. The fourth-order valence-electron chi connectivity index (χ4n) is 9.42. The predicted octanol–water partition coefficient (Wildman–Crippen LogP) is 5.72. The fourth-order valence-corrected chi connectivity index (χ4v) is 9.42. The summed E-state index contributed by atoms with van der Waals surface area (Å²) in [7, 11) is 0. The number of hydrogen-bond acceptors (Lipinski definition) is 15. The number of hydrogen-bond donors (Lipinski definition) is 11. The smallest absolute Gasteiger partial charge is 0.249 e. The van der Waals surface area contributed by atoms with E-state index in [4.69, 9.17) is 18.9 Å². The maximum atomic E-state index is 13.4. The van der Waals surface area contributed by atoms with Crippen molar-refractivity contribution in [2.24, 2.45) is 0 Å². The molecule has 0 aromatic rings. The van der Waals surface area contributed by atoms with E-state index in [1.54, 1.807) is 0 Å². The van der Waals surface area contributed by atoms with Crippen molar-refractivity contribution in [1.82, 2.24) is 5.32 Å². The van der Waals surface area contributed by atoms with Gasteiger partial charge >= 0.3 is 0 Å². The molecule has 1 amide bonds. The van der Waals surface area contributed by atoms with Crippen molar-refractivity contribution in [2.75, 3.05) is 19.8 Å². The monoisotopic (exact) mass is 980 g/mol. The van der Waals surface area contributed by atoms with E-state index in [0.29, 0.717) is 12.8 Å². The number of aliphatic hydroxyl groups excluding tert-OH is 10. The van der Waals surface area contributed by atoms with E-state index in [2.05, 4.69) is 19.2 Å². The van der Waals surface area contributed by atoms with E-state index >= 15 is 0 Å². The summed E-state index contributed by atoms with van der Waals surface area (Å²) in [6.07, 6.45) is 15.5. The molecule has 0 saturated carbocycles. The maximum Gasteiger partial charge on any atom is 0.249 e. The Morgan fingerprint density at radius 2 is 0.956 bits per heavy atom. The second-order valence-electron chi connectivity index (χ2n) is 20.0. The van der Waals surface area contributed by atoms with E-state index in [1.165, 1.54) is 135 Å². The van der Waals surface area contributed by atoms with Crippen LogP contribution in [0.3, 0.4) is 0 Å². The lowest BCUT2D eigenvalue weighted by Crippen LogP contribution is -2.62. The van der Waals surface area contributed by atoms with Crippen LogP contribution < -0.4 is 5.32 Å². The van der Waals surface area contributed by atoms with Gasteiger partial charge in [-0.05, 0) is 12.8 Å². The fraction of sp³-hybridized carbons (Fsp3) is 0.981. The number of rotatable bonds is 44. The molecule has 0 aromatic carbocycles. The number of amides is 1. The quantitative estimate of drug-likeness (QED) is 0.0326. The average molecular weight is 980 g/mol. The maximum absolute atomic E-state index is 13.4. The number of nitrogens with one attached hydrogen (secondary N) is 1. The third kappa shape index (κ3) is 25.5. The zero-order valence-electron chi connectivity index (χ0n) is 42.3. The summed E-state index contributed by atoms with van der Waals surface area (Å²) >= 11 is 0. The first kappa shape index (κ1) is 63.0. The van der Waals surface area contributed by atoms with E-state index in [0.717, 1.165) is 44.9 Å². The van der Waals surface area contributed by atoms with Crippen LogP contribution in [-0.4, -0.2) is 163 Å². The van der Waals surface area contributed by atoms with Gasteiger partial charge in [-0.2, -0.15) is 0 Å². The first-order valence-electron chi connectivity index (χ1n) is 27.5. The molecule has 2 fully saturated rings. The third-order valence-corrected chi connectivity index (χ3v) is 14.0. The van der Waals surface area contributed by atoms with Crippen molar-refractivity contribution in [3.8, 4) is 0 Å². The standard InChI is InChI=1S/C52H101NO15/c1-3-5-7-9-11-13-15-17-18-19-20-22-24-26-28-30-32-34-40(57)50(64)53-38(43(59)39(56)33-31-29-27-25-23-21-16-14-12-10-8-6-4-2)37-65-51-47(63)49(44(60)42(36-55)66-51)68-52-46(62)45(61)48(67-52)41(58)35-54/h38-49,51-52,54-63H,3-37H2,1-2H3,(H,53,64)/t38-,39+,40+,41+,42+,43-,44-,45+,46+,47+,48-,49-,51-,52-/m0/s1. The summed E-state index contributed by atoms with van der Waals surface area (Å²) in [5.74, 6) is -0.761. The van der Waals surface area contributed by atoms with E-state index in [1.807, 2.05) is 0 Å². The van der Waals surface area contributed by atoms with Crippen molar-refractivity contribution in [1.29, 1.82) is 0 Å². The van der Waals surface area contributed by atoms with Gasteiger partial charge in [0.25, 0.3) is 0 Å². The third-order valence-electron chi connectivity index (χ3n) is 14.0. The zero-order valence-corrected chi connectivity index (χ0v) is 42.3. The lowest BCUT2D eigenvalue weighted by molar-refractivity contribution is -0.332. The number of carbonyl (C=O) groups excluding carboxylic acids is 1. The zero-order chi connectivity index (χ0) is 49.9. The van der Waals surface area contributed by atoms with Crippen LogP contribution in [0.4, 0.5) is 0 Å². The molecular formula is C52H101NO15. The minimum absolute atomic E-state index is 0.204. The van der Waals surface area contributed by atoms with Gasteiger partial charge in [0.05, 0.1) is 32.0 Å². The number of carbonyl (C=O) groups is 1. The molecular weight excluding hydrogens is 879 g/mol. The van der Waals surface area contributed by atoms with Crippen LogP contribution in [0.15, 0.2) is 0 Å². The van der Waals surface area contributed by atoms with E-state index < -0.39 is 111 Å². The Hall–Kier alpha value is -1.09. The topological polar surface area (TPSA) is 268 Å². The van der Waals surface area contributed by atoms with Gasteiger partial charge < -0.3 is 75.3 Å². The summed E-state index contributed by atoms with van der Waals surface area (Å²) in [5, 5.41) is 109. The molecule has 0 radical (unpaired) electrons. The Bertz CT molecular complexity index is 1190. The molecule has 2 aliphatic heterocycles. The summed E-state index contributed by atoms with van der Waals surface area (Å²) in [4.78, 5) is 13.4. The average Bonchev–Trinajstić information content (AvgIpc) is 3.62. The molecule has 2 saturated heterocycles. The normalized spacial score (nSPS) is 26.4.